The summed E-state index contributed by atoms with van der Waals surface area (Å²) in [5.74, 6) is 0. The monoisotopic (exact) mass is 257 g/mol. The molecule has 0 radical (unpaired) electrons. The number of hydrogen-bond donors (Lipinski definition) is 0. The maximum atomic E-state index is 12.5. The van der Waals surface area contributed by atoms with Crippen LogP contribution in [0.3, 0.4) is 0 Å². The van der Waals surface area contributed by atoms with Gasteiger partial charge in [-0.1, -0.05) is 0 Å². The quantitative estimate of drug-likeness (QED) is 0.820. The molecule has 1 saturated heterocycles. The van der Waals surface area contributed by atoms with Gasteiger partial charge in [0.2, 0.25) is 10.0 Å². The van der Waals surface area contributed by atoms with Gasteiger partial charge in [-0.2, -0.15) is 9.40 Å². The van der Waals surface area contributed by atoms with Crippen molar-refractivity contribution < 1.29 is 8.42 Å². The SMILES string of the molecule is CCn1nc(C)c(S(=O)(=O)N2CCCC2)c1C. The van der Waals surface area contributed by atoms with Crippen LogP contribution >= 0.6 is 0 Å². The highest BCUT2D eigenvalue weighted by molar-refractivity contribution is 7.89. The first-order chi connectivity index (χ1) is 7.98. The summed E-state index contributed by atoms with van der Waals surface area (Å²) in [5.41, 5.74) is 1.35. The van der Waals surface area contributed by atoms with E-state index in [1.807, 2.05) is 13.8 Å². The third-order valence-corrected chi connectivity index (χ3v) is 5.43. The third kappa shape index (κ3) is 1.99. The van der Waals surface area contributed by atoms with E-state index in [0.29, 0.717) is 30.2 Å². The highest BCUT2D eigenvalue weighted by Crippen LogP contribution is 2.26. The van der Waals surface area contributed by atoms with Crippen molar-refractivity contribution in [1.29, 1.82) is 0 Å². The molecule has 0 aromatic carbocycles. The molecule has 0 N–H and O–H groups in total. The van der Waals surface area contributed by atoms with Crippen molar-refractivity contribution in [3.63, 3.8) is 0 Å². The minimum absolute atomic E-state index is 0.404. The predicted octanol–water partition coefficient (Wildman–Crippen LogP) is 1.30. The average Bonchev–Trinajstić information content (AvgIpc) is 2.86. The number of aryl methyl sites for hydroxylation is 2. The Morgan fingerprint density at radius 2 is 1.82 bits per heavy atom. The van der Waals surface area contributed by atoms with Gasteiger partial charge in [-0.25, -0.2) is 8.42 Å². The first kappa shape index (κ1) is 12.6. The van der Waals surface area contributed by atoms with E-state index in [4.69, 9.17) is 0 Å². The van der Waals surface area contributed by atoms with Crippen LogP contribution in [0.4, 0.5) is 0 Å². The number of hydrogen-bond acceptors (Lipinski definition) is 3. The molecule has 17 heavy (non-hydrogen) atoms. The van der Waals surface area contributed by atoms with Crippen LogP contribution in [-0.4, -0.2) is 35.6 Å². The summed E-state index contributed by atoms with van der Waals surface area (Å²) in [6, 6.07) is 0. The van der Waals surface area contributed by atoms with Crippen molar-refractivity contribution in [2.45, 2.75) is 45.1 Å². The molecule has 0 atom stereocenters. The van der Waals surface area contributed by atoms with Crippen molar-refractivity contribution in [1.82, 2.24) is 14.1 Å². The number of nitrogens with zero attached hydrogens (tertiary/aromatic N) is 3. The van der Waals surface area contributed by atoms with Crippen molar-refractivity contribution >= 4 is 10.0 Å². The molecule has 2 rings (SSSR count). The highest BCUT2D eigenvalue weighted by atomic mass is 32.2. The number of aromatic nitrogens is 2. The fourth-order valence-electron chi connectivity index (χ4n) is 2.42. The van der Waals surface area contributed by atoms with Crippen LogP contribution in [0.5, 0.6) is 0 Å². The van der Waals surface area contributed by atoms with E-state index in [1.54, 1.807) is 15.9 Å². The molecule has 6 heteroatoms. The molecule has 0 aliphatic carbocycles. The van der Waals surface area contributed by atoms with Crippen molar-refractivity contribution in [3.8, 4) is 0 Å². The van der Waals surface area contributed by atoms with Gasteiger partial charge in [-0.05, 0) is 33.6 Å². The van der Waals surface area contributed by atoms with E-state index in [2.05, 4.69) is 5.10 Å². The Morgan fingerprint density at radius 3 is 2.29 bits per heavy atom. The van der Waals surface area contributed by atoms with Crippen molar-refractivity contribution in [2.24, 2.45) is 0 Å². The Balaban J connectivity index is 2.49. The Hall–Kier alpha value is -0.880. The maximum absolute atomic E-state index is 12.5. The van der Waals surface area contributed by atoms with Crippen molar-refractivity contribution in [3.05, 3.63) is 11.4 Å². The minimum Gasteiger partial charge on any atom is -0.268 e. The van der Waals surface area contributed by atoms with Gasteiger partial charge in [-0.3, -0.25) is 4.68 Å². The van der Waals surface area contributed by atoms with Gasteiger partial charge >= 0.3 is 0 Å². The summed E-state index contributed by atoms with van der Waals surface area (Å²) < 4.78 is 28.3. The number of rotatable bonds is 3. The van der Waals surface area contributed by atoms with E-state index < -0.39 is 10.0 Å². The first-order valence-electron chi connectivity index (χ1n) is 6.02. The Labute approximate surface area is 102 Å². The van der Waals surface area contributed by atoms with Crippen LogP contribution in [0, 0.1) is 13.8 Å². The molecule has 1 aromatic heterocycles. The topological polar surface area (TPSA) is 55.2 Å². The number of sulfonamides is 1. The molecule has 1 aliphatic rings. The van der Waals surface area contributed by atoms with Crippen LogP contribution in [0.25, 0.3) is 0 Å². The first-order valence-corrected chi connectivity index (χ1v) is 7.46. The van der Waals surface area contributed by atoms with E-state index >= 15 is 0 Å². The van der Waals surface area contributed by atoms with Crippen LogP contribution in [0.2, 0.25) is 0 Å². The summed E-state index contributed by atoms with van der Waals surface area (Å²) in [6.07, 6.45) is 1.92. The lowest BCUT2D eigenvalue weighted by Crippen LogP contribution is -2.28. The lowest BCUT2D eigenvalue weighted by Gasteiger charge is -2.15. The second kappa shape index (κ2) is 4.42. The standard InChI is InChI=1S/C11H19N3O2S/c1-4-14-10(3)11(9(2)12-14)17(15,16)13-7-5-6-8-13/h4-8H2,1-3H3. The third-order valence-electron chi connectivity index (χ3n) is 3.28. The van der Waals surface area contributed by atoms with Gasteiger partial charge in [0.25, 0.3) is 0 Å². The Kier molecular flexibility index (Phi) is 3.27. The molecule has 0 bridgehead atoms. The molecular weight excluding hydrogens is 238 g/mol. The van der Waals surface area contributed by atoms with Gasteiger partial charge in [-0.15, -0.1) is 0 Å². The molecule has 2 heterocycles. The van der Waals surface area contributed by atoms with Crippen molar-refractivity contribution in [2.75, 3.05) is 13.1 Å². The molecular formula is C11H19N3O2S. The van der Waals surface area contributed by atoms with Gasteiger partial charge in [0.1, 0.15) is 4.90 Å². The molecule has 0 saturated carbocycles. The Morgan fingerprint density at radius 1 is 1.24 bits per heavy atom. The Bertz CT molecular complexity index is 513. The van der Waals surface area contributed by atoms with Crippen LogP contribution in [0.1, 0.15) is 31.2 Å². The van der Waals surface area contributed by atoms with Gasteiger partial charge in [0, 0.05) is 19.6 Å². The molecule has 0 unspecified atom stereocenters. The zero-order chi connectivity index (χ0) is 12.6. The summed E-state index contributed by atoms with van der Waals surface area (Å²) in [6.45, 7) is 7.53. The molecule has 5 nitrogen and oxygen atoms in total. The van der Waals surface area contributed by atoms with Gasteiger partial charge < -0.3 is 0 Å². The second-order valence-corrected chi connectivity index (χ2v) is 6.30. The van der Waals surface area contributed by atoms with E-state index in [1.165, 1.54) is 0 Å². The molecule has 1 aliphatic heterocycles. The lowest BCUT2D eigenvalue weighted by molar-refractivity contribution is 0.476. The second-order valence-electron chi connectivity index (χ2n) is 4.43. The van der Waals surface area contributed by atoms with Gasteiger partial charge in [0.05, 0.1) is 11.4 Å². The predicted molar refractivity (Wildman–Crippen MR) is 65.4 cm³/mol. The molecule has 1 aromatic rings. The van der Waals surface area contributed by atoms with Gasteiger partial charge in [0.15, 0.2) is 0 Å². The molecule has 96 valence electrons. The fourth-order valence-corrected chi connectivity index (χ4v) is 4.31. The summed E-state index contributed by atoms with van der Waals surface area (Å²) in [4.78, 5) is 0.404. The zero-order valence-electron chi connectivity index (χ0n) is 10.6. The highest BCUT2D eigenvalue weighted by Gasteiger charge is 2.32. The maximum Gasteiger partial charge on any atom is 0.246 e. The minimum atomic E-state index is -3.34. The largest absolute Gasteiger partial charge is 0.268 e. The van der Waals surface area contributed by atoms with Crippen LogP contribution in [-0.2, 0) is 16.6 Å². The average molecular weight is 257 g/mol. The summed E-state index contributed by atoms with van der Waals surface area (Å²) in [7, 11) is -3.34. The summed E-state index contributed by atoms with van der Waals surface area (Å²) >= 11 is 0. The normalized spacial score (nSPS) is 17.8. The smallest absolute Gasteiger partial charge is 0.246 e. The van der Waals surface area contributed by atoms with Crippen LogP contribution < -0.4 is 0 Å². The lowest BCUT2D eigenvalue weighted by atomic mass is 10.4. The van der Waals surface area contributed by atoms with E-state index in [-0.39, 0.29) is 0 Å². The van der Waals surface area contributed by atoms with Crippen LogP contribution in [0.15, 0.2) is 4.90 Å². The summed E-state index contributed by atoms with van der Waals surface area (Å²) in [5, 5.41) is 4.28. The fraction of sp³-hybridized carbons (Fsp3) is 0.727. The molecule has 0 spiro atoms. The zero-order valence-corrected chi connectivity index (χ0v) is 11.4. The van der Waals surface area contributed by atoms with E-state index in [0.717, 1.165) is 18.5 Å². The van der Waals surface area contributed by atoms with E-state index in [9.17, 15) is 8.42 Å². The molecule has 0 amide bonds. The molecule has 1 fully saturated rings.